The van der Waals surface area contributed by atoms with Crippen LogP contribution in [0.15, 0.2) is 35.3 Å². The quantitative estimate of drug-likeness (QED) is 0.264. The van der Waals surface area contributed by atoms with Crippen molar-refractivity contribution in [2.75, 3.05) is 58.3 Å². The number of anilines is 1. The number of para-hydroxylation sites is 1. The number of hydrogen-bond acceptors (Lipinski definition) is 3. The summed E-state index contributed by atoms with van der Waals surface area (Å²) in [6, 6.07) is 10.6. The van der Waals surface area contributed by atoms with E-state index < -0.39 is 0 Å². The molecular weight excluding hydrogens is 437 g/mol. The van der Waals surface area contributed by atoms with Crippen molar-refractivity contribution in [1.29, 1.82) is 0 Å². The molecule has 1 saturated heterocycles. The topological polar surface area (TPSA) is 42.9 Å². The molecule has 1 fully saturated rings. The second-order valence-electron chi connectivity index (χ2n) is 6.90. The number of halogens is 1. The minimum Gasteiger partial charge on any atom is -0.372 e. The van der Waals surface area contributed by atoms with Gasteiger partial charge in [-0.05, 0) is 64.4 Å². The summed E-state index contributed by atoms with van der Waals surface area (Å²) in [7, 11) is 4.06. The highest BCUT2D eigenvalue weighted by molar-refractivity contribution is 14.0. The fraction of sp³-hybridized carbons (Fsp3) is 0.650. The minimum absolute atomic E-state index is 0. The molecule has 2 rings (SSSR count). The fourth-order valence-corrected chi connectivity index (χ4v) is 3.31. The van der Waals surface area contributed by atoms with Crippen LogP contribution in [0.5, 0.6) is 0 Å². The zero-order chi connectivity index (χ0) is 17.9. The number of likely N-dealkylation sites (tertiary alicyclic amines) is 1. The smallest absolute Gasteiger partial charge is 0.190 e. The van der Waals surface area contributed by atoms with Gasteiger partial charge in [-0.1, -0.05) is 18.2 Å². The zero-order valence-corrected chi connectivity index (χ0v) is 18.9. The molecule has 0 spiro atoms. The molecule has 1 heterocycles. The van der Waals surface area contributed by atoms with Crippen LogP contribution >= 0.6 is 24.0 Å². The summed E-state index contributed by atoms with van der Waals surface area (Å²) < 4.78 is 0. The van der Waals surface area contributed by atoms with Gasteiger partial charge in [0.05, 0.1) is 0 Å². The van der Waals surface area contributed by atoms with E-state index >= 15 is 0 Å². The van der Waals surface area contributed by atoms with Gasteiger partial charge in [0.25, 0.3) is 0 Å². The van der Waals surface area contributed by atoms with Crippen molar-refractivity contribution in [3.63, 3.8) is 0 Å². The van der Waals surface area contributed by atoms with E-state index in [1.165, 1.54) is 31.6 Å². The van der Waals surface area contributed by atoms with Crippen LogP contribution in [0.3, 0.4) is 0 Å². The molecule has 0 bridgehead atoms. The third kappa shape index (κ3) is 8.12. The van der Waals surface area contributed by atoms with Gasteiger partial charge >= 0.3 is 0 Å². The van der Waals surface area contributed by atoms with Crippen molar-refractivity contribution >= 4 is 35.6 Å². The maximum Gasteiger partial charge on any atom is 0.190 e. The number of nitrogens with one attached hydrogen (secondary N) is 2. The predicted molar refractivity (Wildman–Crippen MR) is 124 cm³/mol. The second-order valence-corrected chi connectivity index (χ2v) is 6.90. The Hall–Kier alpha value is -1.02. The zero-order valence-electron chi connectivity index (χ0n) is 16.6. The molecule has 0 unspecified atom stereocenters. The average molecular weight is 473 g/mol. The Balaban J connectivity index is 0.00000338. The Labute approximate surface area is 176 Å². The largest absolute Gasteiger partial charge is 0.372 e. The van der Waals surface area contributed by atoms with Crippen molar-refractivity contribution in [2.24, 2.45) is 10.9 Å². The van der Waals surface area contributed by atoms with E-state index in [0.29, 0.717) is 0 Å². The van der Waals surface area contributed by atoms with Gasteiger partial charge in [-0.2, -0.15) is 0 Å². The number of nitrogens with zero attached hydrogens (tertiary/aromatic N) is 3. The van der Waals surface area contributed by atoms with Crippen LogP contribution in [-0.2, 0) is 0 Å². The van der Waals surface area contributed by atoms with Gasteiger partial charge in [0.1, 0.15) is 0 Å². The van der Waals surface area contributed by atoms with Crippen molar-refractivity contribution in [2.45, 2.75) is 26.2 Å². The molecule has 1 aliphatic rings. The van der Waals surface area contributed by atoms with E-state index in [-0.39, 0.29) is 24.0 Å². The van der Waals surface area contributed by atoms with Gasteiger partial charge in [-0.15, -0.1) is 24.0 Å². The maximum atomic E-state index is 4.35. The molecular formula is C20H36IN5. The van der Waals surface area contributed by atoms with Gasteiger partial charge in [-0.3, -0.25) is 4.99 Å². The average Bonchev–Trinajstić information content (AvgIpc) is 2.66. The van der Waals surface area contributed by atoms with Gasteiger partial charge in [-0.25, -0.2) is 0 Å². The van der Waals surface area contributed by atoms with Gasteiger partial charge in [0.15, 0.2) is 5.96 Å². The summed E-state index contributed by atoms with van der Waals surface area (Å²) in [5.74, 6) is 1.70. The highest BCUT2D eigenvalue weighted by atomic mass is 127. The van der Waals surface area contributed by atoms with Gasteiger partial charge < -0.3 is 20.4 Å². The van der Waals surface area contributed by atoms with Crippen molar-refractivity contribution in [3.8, 4) is 0 Å². The highest BCUT2D eigenvalue weighted by Gasteiger charge is 2.16. The molecule has 1 aromatic carbocycles. The predicted octanol–water partition coefficient (Wildman–Crippen LogP) is 3.03. The third-order valence-electron chi connectivity index (χ3n) is 5.02. The molecule has 0 atom stereocenters. The van der Waals surface area contributed by atoms with Crippen LogP contribution in [-0.4, -0.2) is 64.2 Å². The minimum atomic E-state index is 0. The summed E-state index contributed by atoms with van der Waals surface area (Å²) in [6.07, 6.45) is 3.66. The van der Waals surface area contributed by atoms with E-state index in [1.807, 2.05) is 7.05 Å². The number of benzene rings is 1. The third-order valence-corrected chi connectivity index (χ3v) is 5.02. The lowest BCUT2D eigenvalue weighted by Gasteiger charge is -2.29. The first-order chi connectivity index (χ1) is 12.2. The van der Waals surface area contributed by atoms with Crippen LogP contribution in [0, 0.1) is 5.92 Å². The van der Waals surface area contributed by atoms with E-state index in [2.05, 4.69) is 69.7 Å². The number of rotatable bonds is 8. The Morgan fingerprint density at radius 2 is 1.88 bits per heavy atom. The second kappa shape index (κ2) is 13.2. The first kappa shape index (κ1) is 23.0. The molecule has 148 valence electrons. The first-order valence-electron chi connectivity index (χ1n) is 9.66. The SMILES string of the molecule is CCN(CCCNC(=NC)NCC1CCN(C)CC1)c1ccccc1.I. The van der Waals surface area contributed by atoms with Crippen molar-refractivity contribution < 1.29 is 0 Å². The molecule has 0 amide bonds. The Kier molecular flexibility index (Phi) is 11.7. The first-order valence-corrected chi connectivity index (χ1v) is 9.66. The summed E-state index contributed by atoms with van der Waals surface area (Å²) in [5.41, 5.74) is 1.30. The standard InChI is InChI=1S/C20H35N5.HI/c1-4-25(19-9-6-5-7-10-19)14-8-13-22-20(21-2)23-17-18-11-15-24(3)16-12-18;/h5-7,9-10,18H,4,8,11-17H2,1-3H3,(H2,21,22,23);1H. The van der Waals surface area contributed by atoms with Crippen LogP contribution in [0.4, 0.5) is 5.69 Å². The van der Waals surface area contributed by atoms with E-state index in [9.17, 15) is 0 Å². The molecule has 0 aliphatic carbocycles. The number of piperidine rings is 1. The Morgan fingerprint density at radius 1 is 1.19 bits per heavy atom. The molecule has 26 heavy (non-hydrogen) atoms. The molecule has 1 aromatic rings. The van der Waals surface area contributed by atoms with Crippen LogP contribution in [0.2, 0.25) is 0 Å². The summed E-state index contributed by atoms with van der Waals surface area (Å²) in [6.45, 7) is 8.69. The summed E-state index contributed by atoms with van der Waals surface area (Å²) in [4.78, 5) is 9.18. The van der Waals surface area contributed by atoms with Gasteiger partial charge in [0.2, 0.25) is 0 Å². The fourth-order valence-electron chi connectivity index (χ4n) is 3.31. The van der Waals surface area contributed by atoms with E-state index in [1.54, 1.807) is 0 Å². The molecule has 2 N–H and O–H groups in total. The Morgan fingerprint density at radius 3 is 2.50 bits per heavy atom. The number of aliphatic imine (C=N–C) groups is 1. The maximum absolute atomic E-state index is 4.35. The summed E-state index contributed by atoms with van der Waals surface area (Å²) in [5, 5.41) is 6.95. The molecule has 1 aliphatic heterocycles. The van der Waals surface area contributed by atoms with E-state index in [0.717, 1.165) is 44.5 Å². The number of hydrogen-bond donors (Lipinski definition) is 2. The molecule has 0 aromatic heterocycles. The molecule has 6 heteroatoms. The molecule has 0 radical (unpaired) electrons. The van der Waals surface area contributed by atoms with Gasteiger partial charge in [0, 0.05) is 38.9 Å². The Bertz CT molecular complexity index is 500. The van der Waals surface area contributed by atoms with Crippen LogP contribution < -0.4 is 15.5 Å². The molecule has 0 saturated carbocycles. The van der Waals surface area contributed by atoms with Crippen LogP contribution in [0.1, 0.15) is 26.2 Å². The lowest BCUT2D eigenvalue weighted by Crippen LogP contribution is -2.43. The lowest BCUT2D eigenvalue weighted by molar-refractivity contribution is 0.220. The number of guanidine groups is 1. The highest BCUT2D eigenvalue weighted by Crippen LogP contribution is 2.14. The van der Waals surface area contributed by atoms with Crippen molar-refractivity contribution in [3.05, 3.63) is 30.3 Å². The monoisotopic (exact) mass is 473 g/mol. The van der Waals surface area contributed by atoms with Crippen LogP contribution in [0.25, 0.3) is 0 Å². The molecule has 5 nitrogen and oxygen atoms in total. The van der Waals surface area contributed by atoms with Crippen molar-refractivity contribution in [1.82, 2.24) is 15.5 Å². The summed E-state index contributed by atoms with van der Waals surface area (Å²) >= 11 is 0. The van der Waals surface area contributed by atoms with E-state index in [4.69, 9.17) is 0 Å². The normalized spacial score (nSPS) is 16.0. The lowest BCUT2D eigenvalue weighted by atomic mass is 9.97.